The van der Waals surface area contributed by atoms with Crippen LogP contribution in [-0.4, -0.2) is 17.2 Å². The molecule has 0 fully saturated rings. The van der Waals surface area contributed by atoms with Crippen molar-refractivity contribution in [2.45, 2.75) is 42.9 Å². The summed E-state index contributed by atoms with van der Waals surface area (Å²) in [6, 6.07) is 6.26. The highest BCUT2D eigenvalue weighted by atomic mass is 32.2. The predicted octanol–water partition coefficient (Wildman–Crippen LogP) is 3.46. The van der Waals surface area contributed by atoms with Gasteiger partial charge in [-0.05, 0) is 37.6 Å². The molecule has 0 aliphatic carbocycles. The van der Waals surface area contributed by atoms with Gasteiger partial charge < -0.3 is 11.1 Å². The maximum Gasteiger partial charge on any atom is 0.288 e. The number of alkyl halides is 2. The van der Waals surface area contributed by atoms with Crippen LogP contribution in [0.5, 0.6) is 0 Å². The number of hydrogen-bond donors (Lipinski definition) is 2. The van der Waals surface area contributed by atoms with Crippen molar-refractivity contribution in [2.75, 3.05) is 5.32 Å². The Balaban J connectivity index is 2.65. The number of nitrogens with two attached hydrogens (primary N) is 1. The monoisotopic (exact) mass is 288 g/mol. The van der Waals surface area contributed by atoms with E-state index in [9.17, 15) is 13.6 Å². The molecule has 106 valence electrons. The van der Waals surface area contributed by atoms with Gasteiger partial charge in [-0.3, -0.25) is 4.79 Å². The first-order valence-corrected chi connectivity index (χ1v) is 6.88. The summed E-state index contributed by atoms with van der Waals surface area (Å²) in [5.74, 6) is -2.72. The third kappa shape index (κ3) is 5.16. The third-order valence-electron chi connectivity index (χ3n) is 2.63. The molecule has 3 nitrogen and oxygen atoms in total. The smallest absolute Gasteiger partial charge is 0.288 e. The van der Waals surface area contributed by atoms with Gasteiger partial charge in [0.25, 0.3) is 5.76 Å². The molecule has 1 amide bonds. The second-order valence-electron chi connectivity index (χ2n) is 4.52. The molecule has 0 radical (unpaired) electrons. The molecule has 0 aromatic heterocycles. The number of carbonyl (C=O) groups is 1. The van der Waals surface area contributed by atoms with Gasteiger partial charge in [0, 0.05) is 10.6 Å². The summed E-state index contributed by atoms with van der Waals surface area (Å²) in [4.78, 5) is 12.4. The molecule has 0 aliphatic rings. The van der Waals surface area contributed by atoms with Crippen molar-refractivity contribution in [1.82, 2.24) is 0 Å². The Morgan fingerprint density at radius 2 is 2.00 bits per heavy atom. The summed E-state index contributed by atoms with van der Waals surface area (Å²) in [6.45, 7) is 3.63. The number of hydrogen-bond acceptors (Lipinski definition) is 3. The molecule has 0 saturated heterocycles. The second kappa shape index (κ2) is 6.86. The Kier molecular flexibility index (Phi) is 5.75. The lowest BCUT2D eigenvalue weighted by atomic mass is 9.96. The molecule has 1 aromatic rings. The molecule has 1 atom stereocenters. The van der Waals surface area contributed by atoms with Crippen LogP contribution in [0, 0.1) is 0 Å². The van der Waals surface area contributed by atoms with Crippen molar-refractivity contribution in [3.8, 4) is 0 Å². The summed E-state index contributed by atoms with van der Waals surface area (Å²) < 4.78 is 24.3. The van der Waals surface area contributed by atoms with Gasteiger partial charge >= 0.3 is 0 Å². The van der Waals surface area contributed by atoms with E-state index < -0.39 is 11.3 Å². The van der Waals surface area contributed by atoms with Crippen molar-refractivity contribution >= 4 is 23.4 Å². The molecule has 0 spiro atoms. The SMILES string of the molecule is CCCC(C)(N)C(=O)Nc1ccc(SC(F)F)cc1. The molecule has 3 N–H and O–H groups in total. The molecule has 0 heterocycles. The van der Waals surface area contributed by atoms with Crippen LogP contribution in [0.2, 0.25) is 0 Å². The van der Waals surface area contributed by atoms with Crippen LogP contribution in [0.3, 0.4) is 0 Å². The lowest BCUT2D eigenvalue weighted by Gasteiger charge is -2.22. The van der Waals surface area contributed by atoms with Crippen molar-refractivity contribution in [2.24, 2.45) is 5.73 Å². The second-order valence-corrected chi connectivity index (χ2v) is 5.59. The molecule has 19 heavy (non-hydrogen) atoms. The third-order valence-corrected chi connectivity index (χ3v) is 3.35. The lowest BCUT2D eigenvalue weighted by Crippen LogP contribution is -2.48. The number of carbonyl (C=O) groups excluding carboxylic acids is 1. The van der Waals surface area contributed by atoms with Crippen LogP contribution in [0.25, 0.3) is 0 Å². The quantitative estimate of drug-likeness (QED) is 0.788. The van der Waals surface area contributed by atoms with Crippen molar-refractivity contribution in [1.29, 1.82) is 0 Å². The summed E-state index contributed by atoms with van der Waals surface area (Å²) >= 11 is 0.469. The molecule has 0 saturated carbocycles. The summed E-state index contributed by atoms with van der Waals surface area (Å²) in [7, 11) is 0. The van der Waals surface area contributed by atoms with Crippen LogP contribution in [-0.2, 0) is 4.79 Å². The Morgan fingerprint density at radius 1 is 1.42 bits per heavy atom. The lowest BCUT2D eigenvalue weighted by molar-refractivity contribution is -0.120. The zero-order chi connectivity index (χ0) is 14.5. The topological polar surface area (TPSA) is 55.1 Å². The zero-order valence-corrected chi connectivity index (χ0v) is 11.8. The molecule has 1 aromatic carbocycles. The number of halogens is 2. The average molecular weight is 288 g/mol. The van der Waals surface area contributed by atoms with Gasteiger partial charge in [-0.15, -0.1) is 0 Å². The van der Waals surface area contributed by atoms with Crippen LogP contribution < -0.4 is 11.1 Å². The van der Waals surface area contributed by atoms with Gasteiger partial charge in [0.1, 0.15) is 0 Å². The molecule has 0 bridgehead atoms. The fraction of sp³-hybridized carbons (Fsp3) is 0.462. The van der Waals surface area contributed by atoms with Crippen LogP contribution in [0.4, 0.5) is 14.5 Å². The highest BCUT2D eigenvalue weighted by Gasteiger charge is 2.27. The van der Waals surface area contributed by atoms with Crippen LogP contribution >= 0.6 is 11.8 Å². The molecule has 6 heteroatoms. The Labute approximate surface area is 115 Å². The van der Waals surface area contributed by atoms with Crippen molar-refractivity contribution in [3.05, 3.63) is 24.3 Å². The van der Waals surface area contributed by atoms with E-state index in [0.29, 0.717) is 28.8 Å². The van der Waals surface area contributed by atoms with Gasteiger partial charge in [-0.2, -0.15) is 8.78 Å². The van der Waals surface area contributed by atoms with Crippen molar-refractivity contribution in [3.63, 3.8) is 0 Å². The van der Waals surface area contributed by atoms with E-state index in [1.54, 1.807) is 31.2 Å². The van der Waals surface area contributed by atoms with Gasteiger partial charge in [0.2, 0.25) is 5.91 Å². The first-order valence-electron chi connectivity index (χ1n) is 6.00. The summed E-state index contributed by atoms with van der Waals surface area (Å²) in [5.41, 5.74) is 5.53. The number of anilines is 1. The zero-order valence-electron chi connectivity index (χ0n) is 11.0. The minimum Gasteiger partial charge on any atom is -0.325 e. The highest BCUT2D eigenvalue weighted by Crippen LogP contribution is 2.26. The van der Waals surface area contributed by atoms with Crippen LogP contribution in [0.1, 0.15) is 26.7 Å². The summed E-state index contributed by atoms with van der Waals surface area (Å²) in [5, 5.41) is 2.69. The highest BCUT2D eigenvalue weighted by molar-refractivity contribution is 7.99. The molecular weight excluding hydrogens is 270 g/mol. The van der Waals surface area contributed by atoms with Gasteiger partial charge in [0.05, 0.1) is 5.54 Å². The Bertz CT molecular complexity index is 421. The standard InChI is InChI=1S/C13H18F2N2OS/c1-3-8-13(2,16)11(18)17-9-4-6-10(7-5-9)19-12(14)15/h4-7,12H,3,8,16H2,1-2H3,(H,17,18). The van der Waals surface area contributed by atoms with E-state index in [-0.39, 0.29) is 5.91 Å². The predicted molar refractivity (Wildman–Crippen MR) is 74.4 cm³/mol. The molecule has 1 rings (SSSR count). The largest absolute Gasteiger partial charge is 0.325 e. The van der Waals surface area contributed by atoms with Gasteiger partial charge in [0.15, 0.2) is 0 Å². The van der Waals surface area contributed by atoms with Gasteiger partial charge in [-0.25, -0.2) is 0 Å². The average Bonchev–Trinajstić information content (AvgIpc) is 2.30. The van der Waals surface area contributed by atoms with Gasteiger partial charge in [-0.1, -0.05) is 25.1 Å². The minimum absolute atomic E-state index is 0.274. The van der Waals surface area contributed by atoms with E-state index in [0.717, 1.165) is 6.42 Å². The fourth-order valence-corrected chi connectivity index (χ4v) is 2.13. The molecule has 0 aliphatic heterocycles. The number of rotatable bonds is 6. The number of amides is 1. The fourth-order valence-electron chi connectivity index (χ4n) is 1.63. The normalized spacial score (nSPS) is 14.2. The minimum atomic E-state index is -2.45. The first-order chi connectivity index (χ1) is 8.85. The maximum absolute atomic E-state index is 12.1. The number of benzene rings is 1. The first kappa shape index (κ1) is 15.9. The summed E-state index contributed by atoms with van der Waals surface area (Å²) in [6.07, 6.45) is 1.39. The van der Waals surface area contributed by atoms with E-state index in [2.05, 4.69) is 5.32 Å². The number of nitrogens with one attached hydrogen (secondary N) is 1. The van der Waals surface area contributed by atoms with E-state index in [1.165, 1.54) is 0 Å². The Morgan fingerprint density at radius 3 is 2.47 bits per heavy atom. The maximum atomic E-state index is 12.1. The molecular formula is C13H18F2N2OS. The number of thioether (sulfide) groups is 1. The van der Waals surface area contributed by atoms with Crippen molar-refractivity contribution < 1.29 is 13.6 Å². The van der Waals surface area contributed by atoms with E-state index >= 15 is 0 Å². The Hall–Kier alpha value is -1.14. The van der Waals surface area contributed by atoms with E-state index in [4.69, 9.17) is 5.73 Å². The van der Waals surface area contributed by atoms with E-state index in [1.807, 2.05) is 6.92 Å². The van der Waals surface area contributed by atoms with Crippen LogP contribution in [0.15, 0.2) is 29.2 Å². The molecule has 1 unspecified atom stereocenters.